The van der Waals surface area contributed by atoms with Crippen molar-refractivity contribution in [1.29, 1.82) is 0 Å². The van der Waals surface area contributed by atoms with Gasteiger partial charge >= 0.3 is 0 Å². The smallest absolute Gasteiger partial charge is 0.157 e. The lowest BCUT2D eigenvalue weighted by atomic mass is 9.92. The van der Waals surface area contributed by atoms with Gasteiger partial charge in [-0.2, -0.15) is 0 Å². The van der Waals surface area contributed by atoms with Crippen molar-refractivity contribution in [3.05, 3.63) is 28.8 Å². The van der Waals surface area contributed by atoms with Crippen LogP contribution in [0.25, 0.3) is 0 Å². The zero-order chi connectivity index (χ0) is 16.8. The van der Waals surface area contributed by atoms with Gasteiger partial charge in [0.1, 0.15) is 11.9 Å². The average molecular weight is 344 g/mol. The van der Waals surface area contributed by atoms with E-state index in [2.05, 4.69) is 19.1 Å². The van der Waals surface area contributed by atoms with Crippen LogP contribution >= 0.6 is 0 Å². The molecule has 0 aromatic heterocycles. The van der Waals surface area contributed by atoms with Gasteiger partial charge in [-0.25, -0.2) is 0 Å². The van der Waals surface area contributed by atoms with E-state index in [0.717, 1.165) is 51.1 Å². The quantitative estimate of drug-likeness (QED) is 0.580. The lowest BCUT2D eigenvalue weighted by Crippen LogP contribution is -2.22. The lowest BCUT2D eigenvalue weighted by Gasteiger charge is -2.22. The number of aryl methyl sites for hydroxylation is 2. The van der Waals surface area contributed by atoms with Crippen molar-refractivity contribution in [1.82, 2.24) is 0 Å². The van der Waals surface area contributed by atoms with Crippen molar-refractivity contribution in [3.63, 3.8) is 0 Å². The van der Waals surface area contributed by atoms with Crippen LogP contribution in [0.2, 0.25) is 0 Å². The predicted octanol–water partition coefficient (Wildman–Crippen LogP) is 3.88. The van der Waals surface area contributed by atoms with E-state index in [4.69, 9.17) is 18.9 Å². The minimum Gasteiger partial charge on any atom is -0.489 e. The zero-order valence-corrected chi connectivity index (χ0v) is 15.0. The Balaban J connectivity index is 1.17. The number of benzene rings is 1. The second kappa shape index (κ2) is 6.57. The van der Waals surface area contributed by atoms with Crippen LogP contribution in [0.3, 0.4) is 0 Å². The van der Waals surface area contributed by atoms with Gasteiger partial charge in [0.15, 0.2) is 6.29 Å². The molecule has 1 aromatic carbocycles. The number of unbranched alkanes of at least 4 members (excludes halogenated alkanes) is 1. The van der Waals surface area contributed by atoms with Gasteiger partial charge in [-0.1, -0.05) is 17.7 Å². The number of fused-ring (bicyclic) bond motifs is 5. The minimum atomic E-state index is 0.0335. The molecule has 1 aromatic rings. The fourth-order valence-corrected chi connectivity index (χ4v) is 4.83. The Hall–Kier alpha value is -1.10. The van der Waals surface area contributed by atoms with Crippen molar-refractivity contribution in [3.8, 4) is 5.75 Å². The third-order valence-corrected chi connectivity index (χ3v) is 6.09. The Bertz CT molecular complexity index is 637. The van der Waals surface area contributed by atoms with E-state index in [1.807, 2.05) is 0 Å². The van der Waals surface area contributed by atoms with Crippen LogP contribution < -0.4 is 4.74 Å². The molecule has 3 fully saturated rings. The van der Waals surface area contributed by atoms with E-state index in [1.165, 1.54) is 29.5 Å². The predicted molar refractivity (Wildman–Crippen MR) is 94.1 cm³/mol. The van der Waals surface area contributed by atoms with E-state index in [1.54, 1.807) is 0 Å². The first kappa shape index (κ1) is 16.1. The SMILES string of the molecule is Cc1cc(CCCCOC2CCCCO2)c2c(c1)C1C(C[C@H]3O[C@@H]13)O2. The fourth-order valence-electron chi connectivity index (χ4n) is 4.83. The van der Waals surface area contributed by atoms with Gasteiger partial charge in [-0.15, -0.1) is 0 Å². The average Bonchev–Trinajstić information content (AvgIpc) is 3.13. The molecule has 4 nitrogen and oxygen atoms in total. The summed E-state index contributed by atoms with van der Waals surface area (Å²) < 4.78 is 23.6. The number of hydrogen-bond donors (Lipinski definition) is 0. The maximum absolute atomic E-state index is 6.34. The van der Waals surface area contributed by atoms with Crippen LogP contribution in [-0.2, 0) is 20.6 Å². The van der Waals surface area contributed by atoms with Crippen LogP contribution in [-0.4, -0.2) is 37.8 Å². The largest absolute Gasteiger partial charge is 0.489 e. The van der Waals surface area contributed by atoms with Gasteiger partial charge in [-0.05, 0) is 51.0 Å². The topological polar surface area (TPSA) is 40.2 Å². The molecule has 1 aliphatic carbocycles. The minimum absolute atomic E-state index is 0.0335. The summed E-state index contributed by atoms with van der Waals surface area (Å²) in [4.78, 5) is 0. The second-order valence-electron chi connectivity index (χ2n) is 8.02. The highest BCUT2D eigenvalue weighted by Crippen LogP contribution is 2.56. The molecule has 5 atom stereocenters. The van der Waals surface area contributed by atoms with Crippen molar-refractivity contribution in [2.24, 2.45) is 0 Å². The maximum atomic E-state index is 6.34. The van der Waals surface area contributed by atoms with Gasteiger partial charge < -0.3 is 18.9 Å². The molecule has 25 heavy (non-hydrogen) atoms. The summed E-state index contributed by atoms with van der Waals surface area (Å²) in [5.74, 6) is 1.64. The van der Waals surface area contributed by atoms with Crippen LogP contribution in [0.1, 0.15) is 61.1 Å². The zero-order valence-electron chi connectivity index (χ0n) is 15.0. The Morgan fingerprint density at radius 2 is 2.12 bits per heavy atom. The first-order chi connectivity index (χ1) is 12.3. The van der Waals surface area contributed by atoms with E-state index in [9.17, 15) is 0 Å². The molecule has 0 radical (unpaired) electrons. The van der Waals surface area contributed by atoms with E-state index < -0.39 is 0 Å². The maximum Gasteiger partial charge on any atom is 0.157 e. The molecule has 0 amide bonds. The monoisotopic (exact) mass is 344 g/mol. The normalized spacial score (nSPS) is 35.0. The Morgan fingerprint density at radius 1 is 1.16 bits per heavy atom. The second-order valence-corrected chi connectivity index (χ2v) is 8.02. The molecule has 4 aliphatic rings. The van der Waals surface area contributed by atoms with Crippen molar-refractivity contribution in [2.45, 2.75) is 82.4 Å². The molecule has 5 rings (SSSR count). The molecule has 4 heteroatoms. The molecule has 3 unspecified atom stereocenters. The van der Waals surface area contributed by atoms with Gasteiger partial charge in [-0.3, -0.25) is 0 Å². The van der Waals surface area contributed by atoms with Crippen LogP contribution in [0, 0.1) is 6.92 Å². The molecule has 0 spiro atoms. The van der Waals surface area contributed by atoms with Crippen LogP contribution in [0.5, 0.6) is 5.75 Å². The summed E-state index contributed by atoms with van der Waals surface area (Å²) in [6.45, 7) is 3.84. The summed E-state index contributed by atoms with van der Waals surface area (Å²) in [5, 5.41) is 0. The van der Waals surface area contributed by atoms with Crippen molar-refractivity contribution < 1.29 is 18.9 Å². The number of rotatable bonds is 6. The highest BCUT2D eigenvalue weighted by atomic mass is 16.7. The van der Waals surface area contributed by atoms with E-state index in [-0.39, 0.29) is 6.29 Å². The van der Waals surface area contributed by atoms with Gasteiger partial charge in [0.2, 0.25) is 0 Å². The summed E-state index contributed by atoms with van der Waals surface area (Å²) in [6, 6.07) is 4.62. The summed E-state index contributed by atoms with van der Waals surface area (Å²) in [6.07, 6.45) is 9.05. The molecule has 1 saturated carbocycles. The van der Waals surface area contributed by atoms with Crippen molar-refractivity contribution in [2.75, 3.05) is 13.2 Å². The van der Waals surface area contributed by atoms with E-state index >= 15 is 0 Å². The standard InChI is InChI=1S/C21H28O4/c1-13-10-14(6-2-4-8-22-18-7-3-5-9-23-18)20-15(11-13)19-16(24-20)12-17-21(19)25-17/h10-11,16-19,21H,2-9,12H2,1H3/t16?,17-,18?,19?,21-/m1/s1. The van der Waals surface area contributed by atoms with Gasteiger partial charge in [0.25, 0.3) is 0 Å². The van der Waals surface area contributed by atoms with Crippen LogP contribution in [0.4, 0.5) is 0 Å². The van der Waals surface area contributed by atoms with E-state index in [0.29, 0.717) is 24.2 Å². The number of ether oxygens (including phenoxy) is 4. The highest BCUT2D eigenvalue weighted by Gasteiger charge is 2.60. The molecule has 2 saturated heterocycles. The molecule has 0 N–H and O–H groups in total. The number of epoxide rings is 1. The van der Waals surface area contributed by atoms with Crippen molar-refractivity contribution >= 4 is 0 Å². The fraction of sp³-hybridized carbons (Fsp3) is 0.714. The molecule has 3 aliphatic heterocycles. The Kier molecular flexibility index (Phi) is 4.23. The molecular formula is C21H28O4. The third-order valence-electron chi connectivity index (χ3n) is 6.09. The molecule has 0 bridgehead atoms. The van der Waals surface area contributed by atoms with Gasteiger partial charge in [0.05, 0.1) is 18.1 Å². The molecule has 136 valence electrons. The number of hydrogen-bond acceptors (Lipinski definition) is 4. The Morgan fingerprint density at radius 3 is 3.00 bits per heavy atom. The van der Waals surface area contributed by atoms with Crippen LogP contribution in [0.15, 0.2) is 12.1 Å². The molecular weight excluding hydrogens is 316 g/mol. The summed E-state index contributed by atoms with van der Waals surface area (Å²) >= 11 is 0. The highest BCUT2D eigenvalue weighted by molar-refractivity contribution is 5.52. The third kappa shape index (κ3) is 3.09. The molecule has 3 heterocycles. The summed E-state index contributed by atoms with van der Waals surface area (Å²) in [5.41, 5.74) is 4.11. The first-order valence-electron chi connectivity index (χ1n) is 9.98. The summed E-state index contributed by atoms with van der Waals surface area (Å²) in [7, 11) is 0. The first-order valence-corrected chi connectivity index (χ1v) is 9.98. The van der Waals surface area contributed by atoms with Gasteiger partial charge in [0, 0.05) is 25.2 Å². The Labute approximate surface area is 149 Å². The lowest BCUT2D eigenvalue weighted by molar-refractivity contribution is -0.162.